The third-order valence-corrected chi connectivity index (χ3v) is 5.30. The van der Waals surface area contributed by atoms with Crippen LogP contribution in [0.25, 0.3) is 0 Å². The van der Waals surface area contributed by atoms with Gasteiger partial charge in [-0.1, -0.05) is 15.9 Å². The quantitative estimate of drug-likeness (QED) is 0.869. The second kappa shape index (κ2) is 7.30. The number of rotatable bonds is 4. The third kappa shape index (κ3) is 3.94. The van der Waals surface area contributed by atoms with E-state index in [9.17, 15) is 4.79 Å². The van der Waals surface area contributed by atoms with Gasteiger partial charge in [0.2, 0.25) is 5.91 Å². The van der Waals surface area contributed by atoms with Gasteiger partial charge in [0.05, 0.1) is 18.2 Å². The molecule has 1 N–H and O–H groups in total. The summed E-state index contributed by atoms with van der Waals surface area (Å²) in [6.07, 6.45) is 3.13. The maximum absolute atomic E-state index is 12.2. The molecule has 3 rings (SSSR count). The van der Waals surface area contributed by atoms with E-state index in [-0.39, 0.29) is 17.6 Å². The highest BCUT2D eigenvalue weighted by atomic mass is 79.9. The van der Waals surface area contributed by atoms with Gasteiger partial charge < -0.3 is 14.8 Å². The molecule has 6 heteroatoms. The van der Waals surface area contributed by atoms with Crippen LogP contribution in [0.2, 0.25) is 0 Å². The Bertz CT molecular complexity index is 543. The minimum atomic E-state index is -0.132. The molecule has 5 nitrogen and oxygen atoms in total. The van der Waals surface area contributed by atoms with Crippen molar-refractivity contribution in [3.8, 4) is 0 Å². The van der Waals surface area contributed by atoms with Gasteiger partial charge in [0.15, 0.2) is 0 Å². The second-order valence-electron chi connectivity index (χ2n) is 6.28. The molecular formula is C17H23BrN2O3. The zero-order chi connectivity index (χ0) is 16.3. The lowest BCUT2D eigenvalue weighted by molar-refractivity contribution is -0.145. The predicted molar refractivity (Wildman–Crippen MR) is 92.5 cm³/mol. The molecule has 1 amide bonds. The first-order valence-electron chi connectivity index (χ1n) is 8.06. The van der Waals surface area contributed by atoms with Crippen LogP contribution in [0, 0.1) is 0 Å². The number of carbonyl (C=O) groups is 1. The maximum atomic E-state index is 12.2. The number of nitrogens with one attached hydrogen (secondary N) is 1. The number of carbonyl (C=O) groups excluding carboxylic acids is 1. The van der Waals surface area contributed by atoms with E-state index in [1.165, 1.54) is 0 Å². The molecule has 0 aliphatic carbocycles. The number of benzene rings is 1. The van der Waals surface area contributed by atoms with Gasteiger partial charge >= 0.3 is 0 Å². The number of ether oxygens (including phenoxy) is 2. The number of hydrogen-bond donors (Lipinski definition) is 1. The Morgan fingerprint density at radius 3 is 2.87 bits per heavy atom. The van der Waals surface area contributed by atoms with Crippen LogP contribution in [0.3, 0.4) is 0 Å². The fourth-order valence-electron chi connectivity index (χ4n) is 3.54. The molecule has 1 aromatic rings. The highest BCUT2D eigenvalue weighted by Crippen LogP contribution is 2.37. The zero-order valence-corrected chi connectivity index (χ0v) is 15.0. The molecule has 0 saturated carbocycles. The van der Waals surface area contributed by atoms with Crippen LogP contribution >= 0.6 is 15.9 Å². The molecule has 2 fully saturated rings. The van der Waals surface area contributed by atoms with Gasteiger partial charge in [0.25, 0.3) is 0 Å². The number of likely N-dealkylation sites (tertiary alicyclic amines) is 1. The topological polar surface area (TPSA) is 50.8 Å². The van der Waals surface area contributed by atoms with E-state index in [1.807, 2.05) is 24.3 Å². The highest BCUT2D eigenvalue weighted by Gasteiger charge is 2.46. The molecule has 1 spiro atoms. The first-order valence-corrected chi connectivity index (χ1v) is 8.85. The van der Waals surface area contributed by atoms with E-state index < -0.39 is 0 Å². The Morgan fingerprint density at radius 1 is 1.43 bits per heavy atom. The van der Waals surface area contributed by atoms with Crippen LogP contribution in [0.15, 0.2) is 28.7 Å². The zero-order valence-electron chi connectivity index (χ0n) is 13.4. The molecule has 0 radical (unpaired) electrons. The Labute approximate surface area is 145 Å². The summed E-state index contributed by atoms with van der Waals surface area (Å²) in [6.45, 7) is 2.81. The normalized spacial score (nSPS) is 28.2. The van der Waals surface area contributed by atoms with Crippen LogP contribution in [0.1, 0.15) is 19.3 Å². The average Bonchev–Trinajstić information content (AvgIpc) is 3.01. The first kappa shape index (κ1) is 16.9. The smallest absolute Gasteiger partial charge is 0.238 e. The Morgan fingerprint density at radius 2 is 2.22 bits per heavy atom. The molecule has 0 unspecified atom stereocenters. The van der Waals surface area contributed by atoms with Crippen molar-refractivity contribution in [2.24, 2.45) is 0 Å². The van der Waals surface area contributed by atoms with Crippen LogP contribution < -0.4 is 5.32 Å². The van der Waals surface area contributed by atoms with Crippen molar-refractivity contribution in [3.05, 3.63) is 28.7 Å². The summed E-state index contributed by atoms with van der Waals surface area (Å²) in [6, 6.07) is 7.60. The molecule has 126 valence electrons. The van der Waals surface area contributed by atoms with Gasteiger partial charge in [-0.05, 0) is 43.5 Å². The monoisotopic (exact) mass is 382 g/mol. The average molecular weight is 383 g/mol. The summed E-state index contributed by atoms with van der Waals surface area (Å²) in [5, 5.41) is 2.94. The lowest BCUT2D eigenvalue weighted by Crippen LogP contribution is -2.57. The van der Waals surface area contributed by atoms with E-state index in [2.05, 4.69) is 26.1 Å². The van der Waals surface area contributed by atoms with Gasteiger partial charge in [-0.25, -0.2) is 0 Å². The van der Waals surface area contributed by atoms with Gasteiger partial charge in [-0.15, -0.1) is 0 Å². The summed E-state index contributed by atoms with van der Waals surface area (Å²) in [4.78, 5) is 14.4. The summed E-state index contributed by atoms with van der Waals surface area (Å²) in [5.41, 5.74) is 0.682. The minimum Gasteiger partial charge on any atom is -0.377 e. The molecule has 2 atom stereocenters. The van der Waals surface area contributed by atoms with Crippen molar-refractivity contribution < 1.29 is 14.3 Å². The number of piperidine rings is 1. The SMILES string of the molecule is CO[C@H]1CN(CC(=O)Nc2ccc(Br)cc2)CC[C@]12CCCO2. The van der Waals surface area contributed by atoms with E-state index in [1.54, 1.807) is 7.11 Å². The van der Waals surface area contributed by atoms with Crippen LogP contribution in [0.5, 0.6) is 0 Å². The third-order valence-electron chi connectivity index (χ3n) is 4.78. The van der Waals surface area contributed by atoms with E-state index in [4.69, 9.17) is 9.47 Å². The summed E-state index contributed by atoms with van der Waals surface area (Å²) in [5.74, 6) is 0.00506. The Hall–Kier alpha value is -0.950. The van der Waals surface area contributed by atoms with Crippen LogP contribution in [-0.2, 0) is 14.3 Å². The standard InChI is InChI=1S/C17H23BrN2O3/c1-22-15-11-20(9-8-17(15)7-2-10-23-17)12-16(21)19-14-5-3-13(18)4-6-14/h3-6,15H,2,7-12H2,1H3,(H,19,21)/t15-,17+/m0/s1. The number of methoxy groups -OCH3 is 1. The van der Waals surface area contributed by atoms with Gasteiger partial charge in [-0.3, -0.25) is 9.69 Å². The number of halogens is 1. The molecule has 2 aliphatic rings. The number of amides is 1. The van der Waals surface area contributed by atoms with Crippen molar-refractivity contribution in [2.75, 3.05) is 38.7 Å². The molecule has 2 saturated heterocycles. The van der Waals surface area contributed by atoms with Gasteiger partial charge in [-0.2, -0.15) is 0 Å². The van der Waals surface area contributed by atoms with Crippen LogP contribution in [-0.4, -0.2) is 55.9 Å². The lowest BCUT2D eigenvalue weighted by Gasteiger charge is -2.44. The fraction of sp³-hybridized carbons (Fsp3) is 0.588. The molecule has 2 heterocycles. The predicted octanol–water partition coefficient (Wildman–Crippen LogP) is 2.66. The number of nitrogens with zero attached hydrogens (tertiary/aromatic N) is 1. The van der Waals surface area contributed by atoms with Crippen LogP contribution in [0.4, 0.5) is 5.69 Å². The van der Waals surface area contributed by atoms with Crippen molar-refractivity contribution in [1.82, 2.24) is 4.90 Å². The molecule has 23 heavy (non-hydrogen) atoms. The first-order chi connectivity index (χ1) is 11.1. The largest absolute Gasteiger partial charge is 0.377 e. The summed E-state index contributed by atoms with van der Waals surface area (Å²) in [7, 11) is 1.74. The molecule has 0 aromatic heterocycles. The van der Waals surface area contributed by atoms with Crippen molar-refractivity contribution in [2.45, 2.75) is 31.0 Å². The molecule has 0 bridgehead atoms. The molecule has 2 aliphatic heterocycles. The Balaban J connectivity index is 1.54. The molecule has 1 aromatic carbocycles. The van der Waals surface area contributed by atoms with Crippen molar-refractivity contribution in [3.63, 3.8) is 0 Å². The minimum absolute atomic E-state index is 0.00506. The fourth-order valence-corrected chi connectivity index (χ4v) is 3.80. The van der Waals surface area contributed by atoms with Crippen molar-refractivity contribution >= 4 is 27.5 Å². The van der Waals surface area contributed by atoms with Gasteiger partial charge in [0, 0.05) is 37.0 Å². The molecular weight excluding hydrogens is 360 g/mol. The Kier molecular flexibility index (Phi) is 5.36. The van der Waals surface area contributed by atoms with Gasteiger partial charge in [0.1, 0.15) is 0 Å². The van der Waals surface area contributed by atoms with Crippen molar-refractivity contribution in [1.29, 1.82) is 0 Å². The number of anilines is 1. The van der Waals surface area contributed by atoms with E-state index >= 15 is 0 Å². The van der Waals surface area contributed by atoms with E-state index in [0.717, 1.165) is 49.1 Å². The maximum Gasteiger partial charge on any atom is 0.238 e. The summed E-state index contributed by atoms with van der Waals surface area (Å²) < 4.78 is 12.7. The highest BCUT2D eigenvalue weighted by molar-refractivity contribution is 9.10. The lowest BCUT2D eigenvalue weighted by atomic mass is 9.86. The van der Waals surface area contributed by atoms with E-state index in [0.29, 0.717) is 6.54 Å². The second-order valence-corrected chi connectivity index (χ2v) is 7.20. The number of hydrogen-bond acceptors (Lipinski definition) is 4. The summed E-state index contributed by atoms with van der Waals surface area (Å²) >= 11 is 3.39.